The molecule has 1 aromatic heterocycles. The molecule has 0 aliphatic rings. The molecule has 6 heteroatoms. The van der Waals surface area contributed by atoms with Gasteiger partial charge in [0.25, 0.3) is 0 Å². The van der Waals surface area contributed by atoms with Crippen molar-refractivity contribution in [2.45, 2.75) is 38.9 Å². The molecule has 0 radical (unpaired) electrons. The van der Waals surface area contributed by atoms with Crippen molar-refractivity contribution in [3.8, 4) is 5.75 Å². The quantitative estimate of drug-likeness (QED) is 0.704. The van der Waals surface area contributed by atoms with Crippen LogP contribution in [0.5, 0.6) is 5.75 Å². The maximum atomic E-state index is 10.5. The lowest BCUT2D eigenvalue weighted by molar-refractivity contribution is -0.133. The van der Waals surface area contributed by atoms with E-state index in [0.717, 1.165) is 41.5 Å². The molecule has 1 N–H and O–H groups in total. The molecule has 0 aliphatic carbocycles. The van der Waals surface area contributed by atoms with E-state index in [0.29, 0.717) is 18.8 Å². The number of benzene rings is 1. The third-order valence-electron chi connectivity index (χ3n) is 3.45. The summed E-state index contributed by atoms with van der Waals surface area (Å²) in [5.41, 5.74) is 2.03. The standard InChI is InChI=1S/C18H23NO4S/c1-3-16-15(19-17(4-2)23-16)8-9-22-14-7-5-6-13(10-14)11-24-12-18(20)21/h5-7,10H,3-4,8-9,11-12H2,1-2H3,(H,20,21). The predicted octanol–water partition coefficient (Wildman–Crippen LogP) is 3.74. The smallest absolute Gasteiger partial charge is 0.313 e. The van der Waals surface area contributed by atoms with E-state index in [2.05, 4.69) is 11.9 Å². The number of oxazole rings is 1. The topological polar surface area (TPSA) is 72.6 Å². The molecule has 24 heavy (non-hydrogen) atoms. The average Bonchev–Trinajstić information content (AvgIpc) is 2.97. The van der Waals surface area contributed by atoms with Crippen LogP contribution in [0.4, 0.5) is 0 Å². The number of aryl methyl sites for hydroxylation is 2. The van der Waals surface area contributed by atoms with Gasteiger partial charge < -0.3 is 14.3 Å². The van der Waals surface area contributed by atoms with Gasteiger partial charge in [-0.3, -0.25) is 4.79 Å². The van der Waals surface area contributed by atoms with Gasteiger partial charge >= 0.3 is 5.97 Å². The number of nitrogens with zero attached hydrogens (tertiary/aromatic N) is 1. The van der Waals surface area contributed by atoms with Crippen molar-refractivity contribution in [3.63, 3.8) is 0 Å². The number of thioether (sulfide) groups is 1. The van der Waals surface area contributed by atoms with Crippen LogP contribution >= 0.6 is 11.8 Å². The Morgan fingerprint density at radius 2 is 2.17 bits per heavy atom. The fourth-order valence-electron chi connectivity index (χ4n) is 2.31. The number of aromatic nitrogens is 1. The molecule has 0 bridgehead atoms. The zero-order valence-corrected chi connectivity index (χ0v) is 14.9. The number of hydrogen-bond donors (Lipinski definition) is 1. The highest BCUT2D eigenvalue weighted by molar-refractivity contribution is 7.99. The number of carbonyl (C=O) groups is 1. The molecule has 0 saturated carbocycles. The molecular weight excluding hydrogens is 326 g/mol. The summed E-state index contributed by atoms with van der Waals surface area (Å²) < 4.78 is 11.5. The molecule has 0 saturated heterocycles. The van der Waals surface area contributed by atoms with Crippen LogP contribution < -0.4 is 4.74 Å². The molecule has 0 amide bonds. The van der Waals surface area contributed by atoms with Gasteiger partial charge in [-0.15, -0.1) is 11.8 Å². The van der Waals surface area contributed by atoms with Gasteiger partial charge in [0, 0.05) is 25.0 Å². The third kappa shape index (κ3) is 5.60. The third-order valence-corrected chi connectivity index (χ3v) is 4.43. The highest BCUT2D eigenvalue weighted by Gasteiger charge is 2.10. The maximum Gasteiger partial charge on any atom is 0.313 e. The van der Waals surface area contributed by atoms with E-state index in [9.17, 15) is 4.79 Å². The molecule has 5 nitrogen and oxygen atoms in total. The number of ether oxygens (including phenoxy) is 1. The first-order valence-electron chi connectivity index (χ1n) is 8.11. The lowest BCUT2D eigenvalue weighted by atomic mass is 10.2. The summed E-state index contributed by atoms with van der Waals surface area (Å²) in [7, 11) is 0. The summed E-state index contributed by atoms with van der Waals surface area (Å²) in [6, 6.07) is 7.76. The van der Waals surface area contributed by atoms with E-state index in [1.165, 1.54) is 11.8 Å². The largest absolute Gasteiger partial charge is 0.493 e. The normalized spacial score (nSPS) is 10.8. The number of carboxylic acids is 1. The minimum absolute atomic E-state index is 0.108. The second-order valence-corrected chi connectivity index (χ2v) is 6.30. The van der Waals surface area contributed by atoms with Crippen LogP contribution in [0.15, 0.2) is 28.7 Å². The van der Waals surface area contributed by atoms with Crippen molar-refractivity contribution in [1.29, 1.82) is 0 Å². The molecule has 0 fully saturated rings. The number of carboxylic acid groups (broad SMARTS) is 1. The number of rotatable bonds is 10. The molecule has 1 heterocycles. The van der Waals surface area contributed by atoms with E-state index >= 15 is 0 Å². The van der Waals surface area contributed by atoms with Crippen molar-refractivity contribution >= 4 is 17.7 Å². The number of aliphatic carboxylic acids is 1. The Morgan fingerprint density at radius 3 is 2.88 bits per heavy atom. The van der Waals surface area contributed by atoms with Crippen LogP contribution in [0.2, 0.25) is 0 Å². The van der Waals surface area contributed by atoms with E-state index in [-0.39, 0.29) is 5.75 Å². The zero-order valence-electron chi connectivity index (χ0n) is 14.1. The lowest BCUT2D eigenvalue weighted by Crippen LogP contribution is -2.04. The molecule has 0 aliphatic heterocycles. The summed E-state index contributed by atoms with van der Waals surface area (Å²) in [6.45, 7) is 4.62. The zero-order chi connectivity index (χ0) is 17.4. The molecule has 0 spiro atoms. The monoisotopic (exact) mass is 349 g/mol. The summed E-state index contributed by atoms with van der Waals surface area (Å²) in [5, 5.41) is 8.67. The first-order chi connectivity index (χ1) is 11.6. The fraction of sp³-hybridized carbons (Fsp3) is 0.444. The van der Waals surface area contributed by atoms with Crippen molar-refractivity contribution in [3.05, 3.63) is 47.2 Å². The van der Waals surface area contributed by atoms with Crippen LogP contribution in [0, 0.1) is 0 Å². The first kappa shape index (κ1) is 18.4. The van der Waals surface area contributed by atoms with Crippen LogP contribution in [0.3, 0.4) is 0 Å². The van der Waals surface area contributed by atoms with Crippen molar-refractivity contribution < 1.29 is 19.1 Å². The van der Waals surface area contributed by atoms with Gasteiger partial charge in [0.1, 0.15) is 11.5 Å². The van der Waals surface area contributed by atoms with Crippen LogP contribution in [0.25, 0.3) is 0 Å². The lowest BCUT2D eigenvalue weighted by Gasteiger charge is -2.07. The molecule has 0 atom stereocenters. The van der Waals surface area contributed by atoms with Gasteiger partial charge in [-0.05, 0) is 17.7 Å². The first-order valence-corrected chi connectivity index (χ1v) is 9.26. The van der Waals surface area contributed by atoms with Gasteiger partial charge in [-0.1, -0.05) is 26.0 Å². The average molecular weight is 349 g/mol. The Hall–Kier alpha value is -1.95. The summed E-state index contributed by atoms with van der Waals surface area (Å²) in [6.07, 6.45) is 2.34. The maximum absolute atomic E-state index is 10.5. The van der Waals surface area contributed by atoms with Crippen molar-refractivity contribution in [2.24, 2.45) is 0 Å². The Bertz CT molecular complexity index is 669. The van der Waals surface area contributed by atoms with Gasteiger partial charge in [-0.25, -0.2) is 4.98 Å². The summed E-state index contributed by atoms with van der Waals surface area (Å²) in [4.78, 5) is 15.0. The number of hydrogen-bond acceptors (Lipinski definition) is 5. The molecule has 0 unspecified atom stereocenters. The van der Waals surface area contributed by atoms with Crippen LogP contribution in [-0.2, 0) is 29.8 Å². The molecule has 2 rings (SSSR count). The highest BCUT2D eigenvalue weighted by Crippen LogP contribution is 2.19. The minimum Gasteiger partial charge on any atom is -0.493 e. The Labute approximate surface area is 146 Å². The summed E-state index contributed by atoms with van der Waals surface area (Å²) in [5.74, 6) is 2.48. The summed E-state index contributed by atoms with van der Waals surface area (Å²) >= 11 is 1.38. The Kier molecular flexibility index (Phi) is 7.18. The minimum atomic E-state index is -0.793. The second kappa shape index (κ2) is 9.37. The van der Waals surface area contributed by atoms with Crippen LogP contribution in [-0.4, -0.2) is 28.4 Å². The van der Waals surface area contributed by atoms with E-state index < -0.39 is 5.97 Å². The second-order valence-electron chi connectivity index (χ2n) is 5.32. The molecule has 1 aromatic carbocycles. The van der Waals surface area contributed by atoms with Crippen molar-refractivity contribution in [1.82, 2.24) is 4.98 Å². The Morgan fingerprint density at radius 1 is 1.33 bits per heavy atom. The van der Waals surface area contributed by atoms with Gasteiger partial charge in [-0.2, -0.15) is 0 Å². The van der Waals surface area contributed by atoms with E-state index in [1.54, 1.807) is 0 Å². The molecule has 130 valence electrons. The van der Waals surface area contributed by atoms with Gasteiger partial charge in [0.15, 0.2) is 5.89 Å². The van der Waals surface area contributed by atoms with E-state index in [1.807, 2.05) is 31.2 Å². The predicted molar refractivity (Wildman–Crippen MR) is 94.7 cm³/mol. The SMILES string of the molecule is CCc1nc(CCOc2cccc(CSCC(=O)O)c2)c(CC)o1. The van der Waals surface area contributed by atoms with E-state index in [4.69, 9.17) is 14.3 Å². The van der Waals surface area contributed by atoms with Gasteiger partial charge in [0.05, 0.1) is 18.1 Å². The molecule has 2 aromatic rings. The Balaban J connectivity index is 1.86. The van der Waals surface area contributed by atoms with Crippen LogP contribution in [0.1, 0.15) is 36.8 Å². The molecular formula is C18H23NO4S. The van der Waals surface area contributed by atoms with Crippen molar-refractivity contribution in [2.75, 3.05) is 12.4 Å². The highest BCUT2D eigenvalue weighted by atomic mass is 32.2. The fourth-order valence-corrected chi connectivity index (χ4v) is 3.00. The van der Waals surface area contributed by atoms with Gasteiger partial charge in [0.2, 0.25) is 0 Å².